The summed E-state index contributed by atoms with van der Waals surface area (Å²) in [5.41, 5.74) is 0. The fourth-order valence-corrected chi connectivity index (χ4v) is 1.22. The lowest BCUT2D eigenvalue weighted by Crippen LogP contribution is -2.13. The van der Waals surface area contributed by atoms with E-state index in [9.17, 15) is 4.79 Å². The second kappa shape index (κ2) is 13.8. The highest BCUT2D eigenvalue weighted by molar-refractivity contribution is 7.98. The molecule has 0 bridgehead atoms. The van der Waals surface area contributed by atoms with E-state index in [2.05, 4.69) is 0 Å². The van der Waals surface area contributed by atoms with Crippen LogP contribution in [0.15, 0.2) is 0 Å². The summed E-state index contributed by atoms with van der Waals surface area (Å²) in [4.78, 5) is 11.1. The highest BCUT2D eigenvalue weighted by Gasteiger charge is 2.01. The fraction of sp³-hybridized carbons (Fsp3) is 0.909. The summed E-state index contributed by atoms with van der Waals surface area (Å²) >= 11 is 1.75. The minimum absolute atomic E-state index is 0.259. The van der Waals surface area contributed by atoms with Gasteiger partial charge in [0, 0.05) is 12.9 Å². The number of rotatable bonds is 12. The fourth-order valence-electron chi connectivity index (χ4n) is 0.931. The largest absolute Gasteiger partial charge is 0.463 e. The van der Waals surface area contributed by atoms with Crippen LogP contribution in [0.5, 0.6) is 0 Å². The first-order valence-corrected chi connectivity index (χ1v) is 6.99. The van der Waals surface area contributed by atoms with Gasteiger partial charge in [0.25, 0.3) is 0 Å². The van der Waals surface area contributed by atoms with E-state index in [1.165, 1.54) is 0 Å². The zero-order chi connectivity index (χ0) is 12.8. The van der Waals surface area contributed by atoms with Gasteiger partial charge < -0.3 is 18.9 Å². The third-order valence-corrected chi connectivity index (χ3v) is 2.38. The van der Waals surface area contributed by atoms with Gasteiger partial charge >= 0.3 is 5.97 Å². The van der Waals surface area contributed by atoms with Gasteiger partial charge in [-0.25, -0.2) is 0 Å². The molecule has 0 unspecified atom stereocenters. The molecular formula is C11H22O5S. The van der Waals surface area contributed by atoms with Crippen molar-refractivity contribution in [1.29, 1.82) is 0 Å². The minimum atomic E-state index is -0.259. The molecule has 0 aliphatic carbocycles. The Kier molecular flexibility index (Phi) is 13.5. The highest BCUT2D eigenvalue weighted by Crippen LogP contribution is 1.91. The zero-order valence-electron chi connectivity index (χ0n) is 10.6. The van der Waals surface area contributed by atoms with Crippen molar-refractivity contribution >= 4 is 17.7 Å². The van der Waals surface area contributed by atoms with Crippen molar-refractivity contribution < 1.29 is 23.7 Å². The number of hydrogen-bond acceptors (Lipinski definition) is 6. The molecule has 0 saturated carbocycles. The minimum Gasteiger partial charge on any atom is -0.463 e. The molecule has 0 aliphatic rings. The number of thioether (sulfide) groups is 1. The predicted octanol–water partition coefficient (Wildman–Crippen LogP) is 0.962. The Morgan fingerprint density at radius 1 is 1.00 bits per heavy atom. The van der Waals surface area contributed by atoms with E-state index >= 15 is 0 Å². The van der Waals surface area contributed by atoms with Crippen molar-refractivity contribution in [3.63, 3.8) is 0 Å². The molecule has 0 atom stereocenters. The molecule has 0 rings (SSSR count). The van der Waals surface area contributed by atoms with E-state index in [0.29, 0.717) is 33.0 Å². The Balaban J connectivity index is 3.08. The molecule has 0 aromatic rings. The molecule has 0 aromatic carbocycles. The molecular weight excluding hydrogens is 244 g/mol. The third kappa shape index (κ3) is 13.6. The molecule has 5 nitrogen and oxygen atoms in total. The Morgan fingerprint density at radius 2 is 1.71 bits per heavy atom. The smallest absolute Gasteiger partial charge is 0.308 e. The Morgan fingerprint density at radius 3 is 2.35 bits per heavy atom. The normalized spacial score (nSPS) is 10.5. The highest BCUT2D eigenvalue weighted by atomic mass is 32.2. The first-order chi connectivity index (χ1) is 8.31. The average molecular weight is 266 g/mol. The van der Waals surface area contributed by atoms with Crippen LogP contribution in [-0.2, 0) is 23.7 Å². The summed E-state index contributed by atoms with van der Waals surface area (Å²) in [6.07, 6.45) is 2.31. The van der Waals surface area contributed by atoms with Crippen molar-refractivity contribution in [2.24, 2.45) is 0 Å². The van der Waals surface area contributed by atoms with E-state index in [-0.39, 0.29) is 12.4 Å². The molecule has 0 radical (unpaired) electrons. The lowest BCUT2D eigenvalue weighted by atomic mass is 10.5. The molecule has 0 amide bonds. The van der Waals surface area contributed by atoms with Crippen molar-refractivity contribution in [3.8, 4) is 0 Å². The summed E-state index contributed by atoms with van der Waals surface area (Å²) in [5, 5.41) is 0. The summed E-state index contributed by atoms with van der Waals surface area (Å²) in [6, 6.07) is 0. The van der Waals surface area contributed by atoms with E-state index < -0.39 is 0 Å². The van der Waals surface area contributed by atoms with Gasteiger partial charge in [0.1, 0.15) is 6.61 Å². The van der Waals surface area contributed by atoms with E-state index in [0.717, 1.165) is 12.4 Å². The van der Waals surface area contributed by atoms with Crippen LogP contribution in [0.1, 0.15) is 6.42 Å². The Bertz CT molecular complexity index is 177. The van der Waals surface area contributed by atoms with Crippen LogP contribution in [0.4, 0.5) is 0 Å². The lowest BCUT2D eigenvalue weighted by molar-refractivity contribution is -0.146. The first kappa shape index (κ1) is 16.7. The molecule has 6 heteroatoms. The Hall–Kier alpha value is -0.300. The van der Waals surface area contributed by atoms with Gasteiger partial charge in [0.05, 0.1) is 39.5 Å². The number of esters is 1. The van der Waals surface area contributed by atoms with Gasteiger partial charge in [-0.3, -0.25) is 4.79 Å². The van der Waals surface area contributed by atoms with Gasteiger partial charge in [-0.2, -0.15) is 11.8 Å². The summed E-state index contributed by atoms with van der Waals surface area (Å²) in [7, 11) is 1.56. The maximum Gasteiger partial charge on any atom is 0.308 e. The van der Waals surface area contributed by atoms with E-state index in [4.69, 9.17) is 18.9 Å². The maximum atomic E-state index is 11.1. The molecule has 0 spiro atoms. The van der Waals surface area contributed by atoms with Crippen LogP contribution in [0, 0.1) is 0 Å². The number of methoxy groups -OCH3 is 1. The van der Waals surface area contributed by atoms with Crippen molar-refractivity contribution in [3.05, 3.63) is 0 Å². The summed E-state index contributed by atoms with van der Waals surface area (Å²) < 4.78 is 20.1. The maximum absolute atomic E-state index is 11.1. The van der Waals surface area contributed by atoms with Crippen LogP contribution in [0.2, 0.25) is 0 Å². The van der Waals surface area contributed by atoms with Gasteiger partial charge in [-0.1, -0.05) is 0 Å². The number of ether oxygens (including phenoxy) is 4. The number of carbonyl (C=O) groups excluding carboxylic acids is 1. The monoisotopic (exact) mass is 266 g/mol. The van der Waals surface area contributed by atoms with Crippen LogP contribution >= 0.6 is 11.8 Å². The zero-order valence-corrected chi connectivity index (χ0v) is 11.4. The summed E-state index contributed by atoms with van der Waals surface area (Å²) in [6.45, 7) is 2.92. The van der Waals surface area contributed by atoms with Gasteiger partial charge in [0.15, 0.2) is 0 Å². The third-order valence-electron chi connectivity index (χ3n) is 1.80. The lowest BCUT2D eigenvalue weighted by Gasteiger charge is -2.06. The van der Waals surface area contributed by atoms with Gasteiger partial charge in [-0.15, -0.1) is 0 Å². The van der Waals surface area contributed by atoms with Gasteiger partial charge in [0.2, 0.25) is 0 Å². The quantitative estimate of drug-likeness (QED) is 0.387. The van der Waals surface area contributed by atoms with Crippen LogP contribution in [-0.4, -0.2) is 64.7 Å². The van der Waals surface area contributed by atoms with Crippen molar-refractivity contribution in [1.82, 2.24) is 0 Å². The van der Waals surface area contributed by atoms with Crippen LogP contribution in [0.3, 0.4) is 0 Å². The first-order valence-electron chi connectivity index (χ1n) is 5.60. The van der Waals surface area contributed by atoms with Crippen molar-refractivity contribution in [2.45, 2.75) is 6.42 Å². The molecule has 17 heavy (non-hydrogen) atoms. The second-order valence-corrected chi connectivity index (χ2v) is 4.17. The van der Waals surface area contributed by atoms with Crippen molar-refractivity contribution in [2.75, 3.05) is 58.8 Å². The average Bonchev–Trinajstić information content (AvgIpc) is 2.33. The number of hydrogen-bond donors (Lipinski definition) is 0. The topological polar surface area (TPSA) is 54.0 Å². The summed E-state index contributed by atoms with van der Waals surface area (Å²) in [5.74, 6) is 0.733. The molecule has 0 heterocycles. The van der Waals surface area contributed by atoms with Crippen LogP contribution < -0.4 is 0 Å². The van der Waals surface area contributed by atoms with Crippen LogP contribution in [0.25, 0.3) is 0 Å². The predicted molar refractivity (Wildman–Crippen MR) is 67.5 cm³/mol. The number of carbonyl (C=O) groups is 1. The van der Waals surface area contributed by atoms with Gasteiger partial charge in [-0.05, 0) is 6.26 Å². The molecule has 0 saturated heterocycles. The van der Waals surface area contributed by atoms with E-state index in [1.807, 2.05) is 6.26 Å². The second-order valence-electron chi connectivity index (χ2n) is 3.18. The standard InChI is InChI=1S/C11H22O5S/c1-13-5-8-16-11(12)3-4-14-6-7-15-9-10-17-2/h3-10H2,1-2H3. The molecule has 102 valence electrons. The molecule has 0 fully saturated rings. The Labute approximate surface area is 107 Å². The van der Waals surface area contributed by atoms with E-state index in [1.54, 1.807) is 18.9 Å². The molecule has 0 aliphatic heterocycles. The SMILES string of the molecule is COCCOC(=O)CCOCCOCCSC. The molecule has 0 aromatic heterocycles. The molecule has 0 N–H and O–H groups in total.